The second-order valence-corrected chi connectivity index (χ2v) is 3.81. The van der Waals surface area contributed by atoms with Crippen LogP contribution in [0.15, 0.2) is 18.2 Å². The minimum atomic E-state index is 0.572. The number of halogens is 2. The molecule has 4 heteroatoms. The van der Waals surface area contributed by atoms with Crippen molar-refractivity contribution in [3.8, 4) is 5.75 Å². The molecule has 0 aliphatic carbocycles. The summed E-state index contributed by atoms with van der Waals surface area (Å²) in [7, 11) is 1.67. The first-order valence-corrected chi connectivity index (χ1v) is 5.92. The summed E-state index contributed by atoms with van der Waals surface area (Å²) >= 11 is 11.3. The number of anilines is 1. The van der Waals surface area contributed by atoms with E-state index in [1.165, 1.54) is 0 Å². The molecule has 0 aliphatic rings. The van der Waals surface area contributed by atoms with E-state index in [0.717, 1.165) is 30.0 Å². The molecule has 84 valence electrons. The van der Waals surface area contributed by atoms with Gasteiger partial charge < -0.3 is 10.1 Å². The standard InChI is InChI=1S/C11H15Cl2NO/c1-15-11-9(5-6-12)3-2-4-10(11)14-8-7-13/h2-4,14H,5-8H2,1H3. The van der Waals surface area contributed by atoms with Crippen molar-refractivity contribution in [1.82, 2.24) is 0 Å². The third-order valence-corrected chi connectivity index (χ3v) is 2.45. The van der Waals surface area contributed by atoms with Crippen LogP contribution in [-0.4, -0.2) is 25.4 Å². The normalized spacial score (nSPS) is 10.1. The molecule has 2 nitrogen and oxygen atoms in total. The maximum atomic E-state index is 5.72. The Hall–Kier alpha value is -0.600. The second-order valence-electron chi connectivity index (χ2n) is 3.05. The van der Waals surface area contributed by atoms with Crippen LogP contribution >= 0.6 is 23.2 Å². The molecular formula is C11H15Cl2NO. The topological polar surface area (TPSA) is 21.3 Å². The number of rotatable bonds is 6. The molecule has 0 spiro atoms. The van der Waals surface area contributed by atoms with Crippen molar-refractivity contribution in [2.45, 2.75) is 6.42 Å². The number of hydrogen-bond acceptors (Lipinski definition) is 2. The molecule has 0 amide bonds. The van der Waals surface area contributed by atoms with Gasteiger partial charge >= 0.3 is 0 Å². The van der Waals surface area contributed by atoms with Gasteiger partial charge in [-0.2, -0.15) is 0 Å². The quantitative estimate of drug-likeness (QED) is 0.781. The number of para-hydroxylation sites is 1. The van der Waals surface area contributed by atoms with Gasteiger partial charge in [0.25, 0.3) is 0 Å². The molecule has 0 unspecified atom stereocenters. The molecule has 15 heavy (non-hydrogen) atoms. The van der Waals surface area contributed by atoms with Gasteiger partial charge in [-0.25, -0.2) is 0 Å². The van der Waals surface area contributed by atoms with Gasteiger partial charge in [-0.3, -0.25) is 0 Å². The minimum Gasteiger partial charge on any atom is -0.494 e. The highest BCUT2D eigenvalue weighted by atomic mass is 35.5. The molecule has 0 bridgehead atoms. The first-order chi connectivity index (χ1) is 7.33. The number of alkyl halides is 2. The maximum absolute atomic E-state index is 5.72. The lowest BCUT2D eigenvalue weighted by atomic mass is 10.1. The molecule has 0 saturated carbocycles. The Morgan fingerprint density at radius 3 is 2.67 bits per heavy atom. The molecular weight excluding hydrogens is 233 g/mol. The van der Waals surface area contributed by atoms with Crippen molar-refractivity contribution in [1.29, 1.82) is 0 Å². The van der Waals surface area contributed by atoms with Crippen LogP contribution in [0, 0.1) is 0 Å². The molecule has 0 heterocycles. The van der Waals surface area contributed by atoms with Crippen LogP contribution < -0.4 is 10.1 Å². The van der Waals surface area contributed by atoms with E-state index in [4.69, 9.17) is 27.9 Å². The number of benzene rings is 1. The number of nitrogens with one attached hydrogen (secondary N) is 1. The summed E-state index contributed by atoms with van der Waals surface area (Å²) in [5.41, 5.74) is 2.09. The van der Waals surface area contributed by atoms with Crippen LogP contribution in [0.3, 0.4) is 0 Å². The summed E-state index contributed by atoms with van der Waals surface area (Å²) in [5.74, 6) is 2.03. The molecule has 0 radical (unpaired) electrons. The van der Waals surface area contributed by atoms with Gasteiger partial charge in [-0.15, -0.1) is 23.2 Å². The molecule has 1 rings (SSSR count). The molecule has 0 aromatic heterocycles. The minimum absolute atomic E-state index is 0.572. The van der Waals surface area contributed by atoms with Crippen LogP contribution in [0.4, 0.5) is 5.69 Å². The zero-order valence-corrected chi connectivity index (χ0v) is 10.2. The fourth-order valence-corrected chi connectivity index (χ4v) is 1.74. The highest BCUT2D eigenvalue weighted by Gasteiger charge is 2.07. The van der Waals surface area contributed by atoms with E-state index in [1.54, 1.807) is 7.11 Å². The third kappa shape index (κ3) is 3.47. The first-order valence-electron chi connectivity index (χ1n) is 4.85. The van der Waals surface area contributed by atoms with Crippen molar-refractivity contribution in [2.24, 2.45) is 0 Å². The molecule has 0 aliphatic heterocycles. The van der Waals surface area contributed by atoms with Crippen molar-refractivity contribution in [3.05, 3.63) is 23.8 Å². The summed E-state index contributed by atoms with van der Waals surface area (Å²) in [4.78, 5) is 0. The van der Waals surface area contributed by atoms with E-state index in [1.807, 2.05) is 18.2 Å². The molecule has 1 aromatic carbocycles. The number of ether oxygens (including phenoxy) is 1. The van der Waals surface area contributed by atoms with E-state index in [9.17, 15) is 0 Å². The fourth-order valence-electron chi connectivity index (χ4n) is 1.45. The lowest BCUT2D eigenvalue weighted by Gasteiger charge is -2.13. The van der Waals surface area contributed by atoms with Gasteiger partial charge in [0.2, 0.25) is 0 Å². The van der Waals surface area contributed by atoms with Crippen LogP contribution in [0.1, 0.15) is 5.56 Å². The summed E-state index contributed by atoms with van der Waals surface area (Å²) < 4.78 is 5.36. The van der Waals surface area contributed by atoms with Gasteiger partial charge in [0.15, 0.2) is 0 Å². The van der Waals surface area contributed by atoms with E-state index in [2.05, 4.69) is 5.32 Å². The van der Waals surface area contributed by atoms with Crippen LogP contribution in [-0.2, 0) is 6.42 Å². The van der Waals surface area contributed by atoms with Crippen LogP contribution in [0.25, 0.3) is 0 Å². The van der Waals surface area contributed by atoms with Crippen LogP contribution in [0.5, 0.6) is 5.75 Å². The zero-order chi connectivity index (χ0) is 11.1. The predicted molar refractivity (Wildman–Crippen MR) is 66.6 cm³/mol. The lowest BCUT2D eigenvalue weighted by molar-refractivity contribution is 0.412. The Bertz CT molecular complexity index is 305. The van der Waals surface area contributed by atoms with Crippen LogP contribution in [0.2, 0.25) is 0 Å². The highest BCUT2D eigenvalue weighted by molar-refractivity contribution is 6.18. The Labute approximate surface area is 101 Å². The molecule has 0 atom stereocenters. The number of hydrogen-bond donors (Lipinski definition) is 1. The van der Waals surface area contributed by atoms with Crippen molar-refractivity contribution in [3.63, 3.8) is 0 Å². The highest BCUT2D eigenvalue weighted by Crippen LogP contribution is 2.29. The second kappa shape index (κ2) is 6.81. The van der Waals surface area contributed by atoms with Gasteiger partial charge in [-0.05, 0) is 18.1 Å². The molecule has 1 N–H and O–H groups in total. The van der Waals surface area contributed by atoms with Gasteiger partial charge in [-0.1, -0.05) is 12.1 Å². The van der Waals surface area contributed by atoms with Crippen molar-refractivity contribution in [2.75, 3.05) is 30.7 Å². The van der Waals surface area contributed by atoms with Crippen molar-refractivity contribution >= 4 is 28.9 Å². The zero-order valence-electron chi connectivity index (χ0n) is 8.72. The largest absolute Gasteiger partial charge is 0.494 e. The Morgan fingerprint density at radius 2 is 2.07 bits per heavy atom. The van der Waals surface area contributed by atoms with Gasteiger partial charge in [0.05, 0.1) is 12.8 Å². The summed E-state index contributed by atoms with van der Waals surface area (Å²) in [6.07, 6.45) is 0.807. The predicted octanol–water partition coefficient (Wildman–Crippen LogP) is 3.13. The Kier molecular flexibility index (Phi) is 5.66. The first kappa shape index (κ1) is 12.5. The maximum Gasteiger partial charge on any atom is 0.145 e. The molecule has 1 aromatic rings. The molecule has 0 saturated heterocycles. The van der Waals surface area contributed by atoms with E-state index < -0.39 is 0 Å². The number of aryl methyl sites for hydroxylation is 1. The monoisotopic (exact) mass is 247 g/mol. The molecule has 0 fully saturated rings. The van der Waals surface area contributed by atoms with Gasteiger partial charge in [0.1, 0.15) is 5.75 Å². The SMILES string of the molecule is COc1c(CCCl)cccc1NCCCl. The summed E-state index contributed by atoms with van der Waals surface area (Å²) in [5, 5.41) is 3.21. The third-order valence-electron chi connectivity index (χ3n) is 2.07. The smallest absolute Gasteiger partial charge is 0.145 e. The van der Waals surface area contributed by atoms with E-state index >= 15 is 0 Å². The Balaban J connectivity index is 2.88. The fraction of sp³-hybridized carbons (Fsp3) is 0.455. The van der Waals surface area contributed by atoms with E-state index in [0.29, 0.717) is 11.8 Å². The average molecular weight is 248 g/mol. The van der Waals surface area contributed by atoms with E-state index in [-0.39, 0.29) is 0 Å². The van der Waals surface area contributed by atoms with Crippen molar-refractivity contribution < 1.29 is 4.74 Å². The average Bonchev–Trinajstić information content (AvgIpc) is 2.27. The lowest BCUT2D eigenvalue weighted by Crippen LogP contribution is -2.05. The summed E-state index contributed by atoms with van der Waals surface area (Å²) in [6, 6.07) is 5.98. The van der Waals surface area contributed by atoms with Gasteiger partial charge in [0, 0.05) is 18.3 Å². The summed E-state index contributed by atoms with van der Waals surface area (Å²) in [6.45, 7) is 0.724. The number of methoxy groups -OCH3 is 1. The Morgan fingerprint density at radius 1 is 1.27 bits per heavy atom.